The Morgan fingerprint density at radius 3 is 2.87 bits per heavy atom. The second-order valence-corrected chi connectivity index (χ2v) is 5.10. The maximum Gasteiger partial charge on any atom is 0.132 e. The van der Waals surface area contributed by atoms with Gasteiger partial charge in [0.15, 0.2) is 0 Å². The Morgan fingerprint density at radius 1 is 1.47 bits per heavy atom. The van der Waals surface area contributed by atoms with Gasteiger partial charge >= 0.3 is 0 Å². The van der Waals surface area contributed by atoms with Crippen molar-refractivity contribution in [3.05, 3.63) is 0 Å². The molecule has 88 valence electrons. The highest BCUT2D eigenvalue weighted by Gasteiger charge is 2.43. The van der Waals surface area contributed by atoms with Crippen LogP contribution >= 0.6 is 0 Å². The van der Waals surface area contributed by atoms with Crippen LogP contribution in [0.3, 0.4) is 0 Å². The molecule has 2 aliphatic rings. The highest BCUT2D eigenvalue weighted by Crippen LogP contribution is 2.30. The number of likely N-dealkylation sites (tertiary alicyclic amines) is 1. The second kappa shape index (κ2) is 4.40. The fourth-order valence-electron chi connectivity index (χ4n) is 3.06. The summed E-state index contributed by atoms with van der Waals surface area (Å²) in [6.07, 6.45) is 3.95. The average molecular weight is 212 g/mol. The molecule has 0 aromatic rings. The molecular weight excluding hydrogens is 188 g/mol. The van der Waals surface area contributed by atoms with E-state index in [4.69, 9.17) is 4.74 Å². The lowest BCUT2D eigenvalue weighted by Crippen LogP contribution is -2.59. The average Bonchev–Trinajstić information content (AvgIpc) is 2.60. The van der Waals surface area contributed by atoms with Crippen molar-refractivity contribution in [1.82, 2.24) is 10.2 Å². The van der Waals surface area contributed by atoms with E-state index in [1.807, 2.05) is 0 Å². The zero-order valence-electron chi connectivity index (χ0n) is 10.3. The lowest BCUT2D eigenvalue weighted by Gasteiger charge is -2.44. The van der Waals surface area contributed by atoms with Crippen molar-refractivity contribution in [3.8, 4) is 0 Å². The van der Waals surface area contributed by atoms with E-state index >= 15 is 0 Å². The lowest BCUT2D eigenvalue weighted by atomic mass is 9.93. The number of piperidine rings is 1. The normalized spacial score (nSPS) is 43.4. The first kappa shape index (κ1) is 11.4. The molecule has 2 aliphatic heterocycles. The number of nitrogens with one attached hydrogen (secondary N) is 1. The Balaban J connectivity index is 2.06. The predicted molar refractivity (Wildman–Crippen MR) is 61.8 cm³/mol. The first-order valence-corrected chi connectivity index (χ1v) is 6.31. The summed E-state index contributed by atoms with van der Waals surface area (Å²) < 4.78 is 5.97. The van der Waals surface area contributed by atoms with Crippen LogP contribution in [0.2, 0.25) is 0 Å². The van der Waals surface area contributed by atoms with E-state index in [1.165, 1.54) is 25.8 Å². The molecule has 15 heavy (non-hydrogen) atoms. The SMILES string of the molecule is CCN1CCCCC1C1(C)NC(C)CO1. The van der Waals surface area contributed by atoms with E-state index in [2.05, 4.69) is 31.0 Å². The molecule has 0 aromatic heterocycles. The molecule has 0 aromatic carbocycles. The van der Waals surface area contributed by atoms with Gasteiger partial charge in [0.05, 0.1) is 12.6 Å². The van der Waals surface area contributed by atoms with Gasteiger partial charge in [0.25, 0.3) is 0 Å². The summed E-state index contributed by atoms with van der Waals surface area (Å²) in [5, 5.41) is 3.60. The molecule has 3 heteroatoms. The third-order valence-corrected chi connectivity index (χ3v) is 3.82. The lowest BCUT2D eigenvalue weighted by molar-refractivity contribution is -0.0768. The third kappa shape index (κ3) is 2.19. The second-order valence-electron chi connectivity index (χ2n) is 5.10. The summed E-state index contributed by atoms with van der Waals surface area (Å²) in [7, 11) is 0. The van der Waals surface area contributed by atoms with Gasteiger partial charge in [-0.1, -0.05) is 13.3 Å². The molecule has 2 saturated heterocycles. The molecule has 1 N–H and O–H groups in total. The number of hydrogen-bond acceptors (Lipinski definition) is 3. The maximum absolute atomic E-state index is 5.97. The summed E-state index contributed by atoms with van der Waals surface area (Å²) in [4.78, 5) is 2.56. The van der Waals surface area contributed by atoms with Crippen molar-refractivity contribution in [3.63, 3.8) is 0 Å². The summed E-state index contributed by atoms with van der Waals surface area (Å²) in [5.41, 5.74) is -0.115. The molecular formula is C12H24N2O. The van der Waals surface area contributed by atoms with Crippen LogP contribution in [0.5, 0.6) is 0 Å². The van der Waals surface area contributed by atoms with Gasteiger partial charge in [0.1, 0.15) is 5.72 Å². The predicted octanol–water partition coefficient (Wildman–Crippen LogP) is 1.59. The maximum atomic E-state index is 5.97. The van der Waals surface area contributed by atoms with Gasteiger partial charge in [0.2, 0.25) is 0 Å². The van der Waals surface area contributed by atoms with E-state index in [0.717, 1.165) is 13.2 Å². The molecule has 0 spiro atoms. The Kier molecular flexibility index (Phi) is 3.33. The van der Waals surface area contributed by atoms with Crippen LogP contribution in [-0.4, -0.2) is 42.4 Å². The largest absolute Gasteiger partial charge is 0.358 e. The summed E-state index contributed by atoms with van der Waals surface area (Å²) >= 11 is 0. The molecule has 0 radical (unpaired) electrons. The number of ether oxygens (including phenoxy) is 1. The van der Waals surface area contributed by atoms with Crippen LogP contribution in [0.25, 0.3) is 0 Å². The smallest absolute Gasteiger partial charge is 0.132 e. The molecule has 3 nitrogen and oxygen atoms in total. The van der Waals surface area contributed by atoms with Crippen LogP contribution in [0.1, 0.15) is 40.0 Å². The number of rotatable bonds is 2. The molecule has 0 amide bonds. The van der Waals surface area contributed by atoms with Crippen molar-refractivity contribution in [2.45, 2.75) is 57.8 Å². The van der Waals surface area contributed by atoms with E-state index in [-0.39, 0.29) is 5.72 Å². The Hall–Kier alpha value is -0.120. The van der Waals surface area contributed by atoms with Crippen molar-refractivity contribution >= 4 is 0 Å². The molecule has 3 unspecified atom stereocenters. The molecule has 0 saturated carbocycles. The molecule has 0 bridgehead atoms. The van der Waals surface area contributed by atoms with Crippen LogP contribution in [0, 0.1) is 0 Å². The van der Waals surface area contributed by atoms with Crippen LogP contribution in [0.4, 0.5) is 0 Å². The third-order valence-electron chi connectivity index (χ3n) is 3.82. The Morgan fingerprint density at radius 2 is 2.27 bits per heavy atom. The van der Waals surface area contributed by atoms with E-state index < -0.39 is 0 Å². The van der Waals surface area contributed by atoms with Gasteiger partial charge < -0.3 is 4.74 Å². The topological polar surface area (TPSA) is 24.5 Å². The fourth-order valence-corrected chi connectivity index (χ4v) is 3.06. The van der Waals surface area contributed by atoms with Gasteiger partial charge in [-0.05, 0) is 39.8 Å². The number of likely N-dealkylation sites (N-methyl/N-ethyl adjacent to an activating group) is 1. The van der Waals surface area contributed by atoms with Gasteiger partial charge in [0, 0.05) is 6.04 Å². The zero-order chi connectivity index (χ0) is 10.9. The van der Waals surface area contributed by atoms with Gasteiger partial charge in [-0.3, -0.25) is 10.2 Å². The van der Waals surface area contributed by atoms with Gasteiger partial charge in [-0.25, -0.2) is 0 Å². The zero-order valence-corrected chi connectivity index (χ0v) is 10.3. The fraction of sp³-hybridized carbons (Fsp3) is 1.00. The first-order chi connectivity index (χ1) is 7.15. The monoisotopic (exact) mass is 212 g/mol. The molecule has 2 rings (SSSR count). The van der Waals surface area contributed by atoms with Crippen LogP contribution < -0.4 is 5.32 Å². The highest BCUT2D eigenvalue weighted by atomic mass is 16.5. The molecule has 2 fully saturated rings. The number of hydrogen-bond donors (Lipinski definition) is 1. The van der Waals surface area contributed by atoms with Crippen molar-refractivity contribution in [2.75, 3.05) is 19.7 Å². The summed E-state index contributed by atoms with van der Waals surface area (Å²) in [6.45, 7) is 9.89. The standard InChI is InChI=1S/C12H24N2O/c1-4-14-8-6-5-7-11(14)12(3)13-10(2)9-15-12/h10-11,13H,4-9H2,1-3H3. The van der Waals surface area contributed by atoms with Crippen LogP contribution in [-0.2, 0) is 4.74 Å². The minimum atomic E-state index is -0.115. The van der Waals surface area contributed by atoms with E-state index in [1.54, 1.807) is 0 Å². The Labute approximate surface area is 93.2 Å². The van der Waals surface area contributed by atoms with Crippen molar-refractivity contribution < 1.29 is 4.74 Å². The Bertz CT molecular complexity index is 222. The molecule has 3 atom stereocenters. The van der Waals surface area contributed by atoms with Crippen molar-refractivity contribution in [1.29, 1.82) is 0 Å². The van der Waals surface area contributed by atoms with Gasteiger partial charge in [-0.15, -0.1) is 0 Å². The first-order valence-electron chi connectivity index (χ1n) is 6.31. The van der Waals surface area contributed by atoms with Crippen molar-refractivity contribution in [2.24, 2.45) is 0 Å². The van der Waals surface area contributed by atoms with Crippen LogP contribution in [0.15, 0.2) is 0 Å². The summed E-state index contributed by atoms with van der Waals surface area (Å²) in [6, 6.07) is 1.05. The minimum Gasteiger partial charge on any atom is -0.358 e. The molecule has 0 aliphatic carbocycles. The quantitative estimate of drug-likeness (QED) is 0.752. The summed E-state index contributed by atoms with van der Waals surface area (Å²) in [5.74, 6) is 0. The van der Waals surface area contributed by atoms with E-state index in [0.29, 0.717) is 12.1 Å². The highest BCUT2D eigenvalue weighted by molar-refractivity contribution is 4.96. The number of nitrogens with zero attached hydrogens (tertiary/aromatic N) is 1. The van der Waals surface area contributed by atoms with E-state index in [9.17, 15) is 0 Å². The van der Waals surface area contributed by atoms with Gasteiger partial charge in [-0.2, -0.15) is 0 Å². The minimum absolute atomic E-state index is 0.115. The molecule has 2 heterocycles.